The van der Waals surface area contributed by atoms with Crippen molar-refractivity contribution in [2.45, 2.75) is 70.4 Å². The van der Waals surface area contributed by atoms with Gasteiger partial charge >= 0.3 is 0 Å². The molecule has 7 heteroatoms. The van der Waals surface area contributed by atoms with Crippen molar-refractivity contribution in [3.63, 3.8) is 0 Å². The lowest BCUT2D eigenvalue weighted by molar-refractivity contribution is -0.150. The molecule has 2 saturated heterocycles. The summed E-state index contributed by atoms with van der Waals surface area (Å²) in [5.74, 6) is 0.789. The van der Waals surface area contributed by atoms with Crippen molar-refractivity contribution in [3.8, 4) is 0 Å². The number of carbonyl (C=O) groups is 3. The van der Waals surface area contributed by atoms with Crippen molar-refractivity contribution >= 4 is 17.7 Å². The van der Waals surface area contributed by atoms with Crippen LogP contribution in [0.4, 0.5) is 0 Å². The Kier molecular flexibility index (Phi) is 6.73. The van der Waals surface area contributed by atoms with Gasteiger partial charge in [0.05, 0.1) is 6.04 Å². The number of piperazine rings is 1. The van der Waals surface area contributed by atoms with Gasteiger partial charge in [-0.05, 0) is 37.5 Å². The summed E-state index contributed by atoms with van der Waals surface area (Å²) in [5.41, 5.74) is 5.31. The second-order valence-electron chi connectivity index (χ2n) is 8.46. The maximum absolute atomic E-state index is 13.3. The Morgan fingerprint density at radius 2 is 1.85 bits per heavy atom. The number of likely N-dealkylation sites (tertiary alicyclic amines) is 1. The van der Waals surface area contributed by atoms with Crippen LogP contribution in [0.3, 0.4) is 0 Å². The van der Waals surface area contributed by atoms with Crippen LogP contribution in [0.15, 0.2) is 0 Å². The first kappa shape index (κ1) is 20.1. The fourth-order valence-electron chi connectivity index (χ4n) is 4.46. The molecule has 27 heavy (non-hydrogen) atoms. The van der Waals surface area contributed by atoms with E-state index in [1.807, 2.05) is 9.80 Å². The topological polar surface area (TPSA) is 95.7 Å². The number of nitrogens with one attached hydrogen (secondary N) is 1. The molecule has 2 atom stereocenters. The third kappa shape index (κ3) is 5.21. The SMILES string of the molecule is CCCC1NCCN(C(CC2CC2)C(=O)N2CCC(CC(N)=O)CC2)C1=O. The first-order chi connectivity index (χ1) is 13.0. The minimum atomic E-state index is -0.320. The summed E-state index contributed by atoms with van der Waals surface area (Å²) in [6.45, 7) is 4.77. The van der Waals surface area contributed by atoms with Crippen LogP contribution in [-0.2, 0) is 14.4 Å². The van der Waals surface area contributed by atoms with Crippen molar-refractivity contribution in [1.29, 1.82) is 0 Å². The van der Waals surface area contributed by atoms with Crippen LogP contribution in [0.1, 0.15) is 58.3 Å². The van der Waals surface area contributed by atoms with Gasteiger partial charge in [0.15, 0.2) is 0 Å². The molecule has 3 rings (SSSR count). The summed E-state index contributed by atoms with van der Waals surface area (Å²) in [6.07, 6.45) is 6.95. The van der Waals surface area contributed by atoms with Crippen molar-refractivity contribution in [1.82, 2.24) is 15.1 Å². The zero-order valence-electron chi connectivity index (χ0n) is 16.5. The highest BCUT2D eigenvalue weighted by Crippen LogP contribution is 2.36. The maximum atomic E-state index is 13.3. The zero-order valence-corrected chi connectivity index (χ0v) is 16.5. The molecule has 3 amide bonds. The Labute approximate surface area is 162 Å². The number of primary amides is 1. The number of hydrogen-bond acceptors (Lipinski definition) is 4. The van der Waals surface area contributed by atoms with E-state index in [1.54, 1.807) is 0 Å². The van der Waals surface area contributed by atoms with E-state index in [1.165, 1.54) is 12.8 Å². The van der Waals surface area contributed by atoms with Gasteiger partial charge < -0.3 is 20.9 Å². The monoisotopic (exact) mass is 378 g/mol. The fourth-order valence-corrected chi connectivity index (χ4v) is 4.46. The third-order valence-electron chi connectivity index (χ3n) is 6.23. The smallest absolute Gasteiger partial charge is 0.245 e. The summed E-state index contributed by atoms with van der Waals surface area (Å²) >= 11 is 0. The second kappa shape index (κ2) is 9.04. The molecule has 1 saturated carbocycles. The Balaban J connectivity index is 1.64. The van der Waals surface area contributed by atoms with Crippen LogP contribution in [0.5, 0.6) is 0 Å². The van der Waals surface area contributed by atoms with Gasteiger partial charge in [0.25, 0.3) is 0 Å². The molecule has 2 unspecified atom stereocenters. The molecule has 152 valence electrons. The van der Waals surface area contributed by atoms with Gasteiger partial charge in [0, 0.05) is 32.6 Å². The minimum Gasteiger partial charge on any atom is -0.370 e. The van der Waals surface area contributed by atoms with E-state index in [4.69, 9.17) is 5.73 Å². The van der Waals surface area contributed by atoms with E-state index in [2.05, 4.69) is 12.2 Å². The fraction of sp³-hybridized carbons (Fsp3) is 0.850. The highest BCUT2D eigenvalue weighted by atomic mass is 16.2. The predicted octanol–water partition coefficient (Wildman–Crippen LogP) is 0.870. The molecule has 2 aliphatic heterocycles. The Morgan fingerprint density at radius 3 is 2.44 bits per heavy atom. The van der Waals surface area contributed by atoms with Gasteiger partial charge in [0.1, 0.15) is 6.04 Å². The molecule has 3 aliphatic rings. The van der Waals surface area contributed by atoms with Crippen molar-refractivity contribution in [3.05, 3.63) is 0 Å². The van der Waals surface area contributed by atoms with Gasteiger partial charge in [-0.2, -0.15) is 0 Å². The van der Waals surface area contributed by atoms with Gasteiger partial charge in [-0.3, -0.25) is 14.4 Å². The van der Waals surface area contributed by atoms with Crippen LogP contribution in [0.2, 0.25) is 0 Å². The average molecular weight is 379 g/mol. The lowest BCUT2D eigenvalue weighted by atomic mass is 9.92. The number of hydrogen-bond donors (Lipinski definition) is 2. The summed E-state index contributed by atoms with van der Waals surface area (Å²) in [5, 5.41) is 3.31. The zero-order chi connectivity index (χ0) is 19.4. The quantitative estimate of drug-likeness (QED) is 0.655. The average Bonchev–Trinajstić information content (AvgIpc) is 3.46. The highest BCUT2D eigenvalue weighted by Gasteiger charge is 2.41. The Morgan fingerprint density at radius 1 is 1.15 bits per heavy atom. The van der Waals surface area contributed by atoms with Crippen molar-refractivity contribution in [2.24, 2.45) is 17.6 Å². The maximum Gasteiger partial charge on any atom is 0.245 e. The molecule has 0 aromatic heterocycles. The number of nitrogens with two attached hydrogens (primary N) is 1. The lowest BCUT2D eigenvalue weighted by Crippen LogP contribution is -2.61. The molecular weight excluding hydrogens is 344 g/mol. The van der Waals surface area contributed by atoms with Crippen molar-refractivity contribution in [2.75, 3.05) is 26.2 Å². The normalized spacial score (nSPS) is 25.5. The number of rotatable bonds is 8. The van der Waals surface area contributed by atoms with Gasteiger partial charge in [-0.25, -0.2) is 0 Å². The van der Waals surface area contributed by atoms with Crippen LogP contribution < -0.4 is 11.1 Å². The molecular formula is C20H34N4O3. The van der Waals surface area contributed by atoms with E-state index >= 15 is 0 Å². The van der Waals surface area contributed by atoms with Crippen LogP contribution in [-0.4, -0.2) is 65.8 Å². The molecule has 3 fully saturated rings. The van der Waals surface area contributed by atoms with Gasteiger partial charge in [-0.15, -0.1) is 0 Å². The molecule has 1 aliphatic carbocycles. The van der Waals surface area contributed by atoms with E-state index in [9.17, 15) is 14.4 Å². The number of nitrogens with zero attached hydrogens (tertiary/aromatic N) is 2. The lowest BCUT2D eigenvalue weighted by Gasteiger charge is -2.41. The molecule has 0 aromatic carbocycles. The minimum absolute atomic E-state index is 0.0886. The van der Waals surface area contributed by atoms with Gasteiger partial charge in [0.2, 0.25) is 17.7 Å². The number of piperidine rings is 1. The molecule has 3 N–H and O–H groups in total. The van der Waals surface area contributed by atoms with E-state index in [-0.39, 0.29) is 35.7 Å². The molecule has 2 heterocycles. The summed E-state index contributed by atoms with van der Waals surface area (Å²) in [4.78, 5) is 41.2. The second-order valence-corrected chi connectivity index (χ2v) is 8.46. The third-order valence-corrected chi connectivity index (χ3v) is 6.23. The molecule has 0 spiro atoms. The molecule has 7 nitrogen and oxygen atoms in total. The molecule has 0 radical (unpaired) electrons. The largest absolute Gasteiger partial charge is 0.370 e. The predicted molar refractivity (Wildman–Crippen MR) is 103 cm³/mol. The summed E-state index contributed by atoms with van der Waals surface area (Å²) in [7, 11) is 0. The van der Waals surface area contributed by atoms with E-state index in [0.29, 0.717) is 32.0 Å². The van der Waals surface area contributed by atoms with E-state index < -0.39 is 0 Å². The van der Waals surface area contributed by atoms with Gasteiger partial charge in [-0.1, -0.05) is 26.2 Å². The Hall–Kier alpha value is -1.63. The highest BCUT2D eigenvalue weighted by molar-refractivity contribution is 5.90. The van der Waals surface area contributed by atoms with Crippen molar-refractivity contribution < 1.29 is 14.4 Å². The van der Waals surface area contributed by atoms with Crippen LogP contribution in [0.25, 0.3) is 0 Å². The standard InChI is InChI=1S/C20H34N4O3/c1-2-3-16-19(26)24(11-8-22-16)17(12-14-4-5-14)20(27)23-9-6-15(7-10-23)13-18(21)25/h14-17,22H,2-13H2,1H3,(H2,21,25). The van der Waals surface area contributed by atoms with Crippen LogP contribution in [0, 0.1) is 11.8 Å². The first-order valence-electron chi connectivity index (χ1n) is 10.6. The van der Waals surface area contributed by atoms with E-state index in [0.717, 1.165) is 38.6 Å². The van der Waals surface area contributed by atoms with Crippen LogP contribution >= 0.6 is 0 Å². The number of amides is 3. The molecule has 0 bridgehead atoms. The number of carbonyl (C=O) groups excluding carboxylic acids is 3. The first-order valence-corrected chi connectivity index (χ1v) is 10.6. The molecule has 0 aromatic rings. The summed E-state index contributed by atoms with van der Waals surface area (Å²) in [6, 6.07) is -0.473. The summed E-state index contributed by atoms with van der Waals surface area (Å²) < 4.78 is 0. The Bertz CT molecular complexity index is 553.